The minimum absolute atomic E-state index is 0.0179. The van der Waals surface area contributed by atoms with Crippen molar-refractivity contribution in [3.8, 4) is 11.1 Å². The van der Waals surface area contributed by atoms with Crippen LogP contribution in [0, 0.1) is 0 Å². The molecule has 15 heavy (non-hydrogen) atoms. The first kappa shape index (κ1) is 4.52. The minimum Gasteiger partial charge on any atom is -0.0619 e. The average Bonchev–Trinajstić information content (AvgIpc) is 2.67. The highest BCUT2D eigenvalue weighted by Crippen LogP contribution is 2.47. The Morgan fingerprint density at radius 1 is 0.933 bits per heavy atom. The van der Waals surface area contributed by atoms with Crippen molar-refractivity contribution >= 4 is 0 Å². The van der Waals surface area contributed by atoms with Gasteiger partial charge >= 0.3 is 0 Å². The van der Waals surface area contributed by atoms with Crippen molar-refractivity contribution in [1.82, 2.24) is 0 Å². The molecule has 0 unspecified atom stereocenters. The quantitative estimate of drug-likeness (QED) is 0.603. The molecule has 0 heterocycles. The summed E-state index contributed by atoms with van der Waals surface area (Å²) in [6, 6.07) is 2.64. The van der Waals surface area contributed by atoms with Gasteiger partial charge in [0, 0.05) is 5.41 Å². The summed E-state index contributed by atoms with van der Waals surface area (Å²) in [7, 11) is 0. The van der Waals surface area contributed by atoms with Gasteiger partial charge in [0.2, 0.25) is 0 Å². The van der Waals surface area contributed by atoms with Crippen LogP contribution in [-0.2, 0) is 5.41 Å². The molecule has 0 saturated carbocycles. The fraction of sp³-hybridized carbons (Fsp3) is 0.200. The number of benzene rings is 2. The second kappa shape index (κ2) is 2.73. The summed E-state index contributed by atoms with van der Waals surface area (Å²) in [6.45, 7) is 3.78. The maximum absolute atomic E-state index is 8.17. The van der Waals surface area contributed by atoms with Crippen molar-refractivity contribution in [1.29, 1.82) is 0 Å². The van der Waals surface area contributed by atoms with Crippen LogP contribution >= 0.6 is 0 Å². The molecule has 3 rings (SSSR count). The highest BCUT2D eigenvalue weighted by atomic mass is 14.4. The lowest BCUT2D eigenvalue weighted by molar-refractivity contribution is 0.660. The molecule has 1 aliphatic carbocycles. The second-order valence-electron chi connectivity index (χ2n) is 4.27. The van der Waals surface area contributed by atoms with E-state index < -0.39 is 5.41 Å². The molecule has 0 spiro atoms. The zero-order valence-electron chi connectivity index (χ0n) is 14.7. The Balaban J connectivity index is 2.57. The van der Waals surface area contributed by atoms with E-state index in [9.17, 15) is 0 Å². The van der Waals surface area contributed by atoms with Gasteiger partial charge in [0.1, 0.15) is 0 Å². The summed E-state index contributed by atoms with van der Waals surface area (Å²) in [5, 5.41) is 0. The van der Waals surface area contributed by atoms with E-state index in [1.807, 2.05) is 13.8 Å². The van der Waals surface area contributed by atoms with Crippen LogP contribution in [0.15, 0.2) is 48.4 Å². The topological polar surface area (TPSA) is 0 Å². The third kappa shape index (κ3) is 1.02. The van der Waals surface area contributed by atoms with Gasteiger partial charge in [-0.15, -0.1) is 0 Å². The van der Waals surface area contributed by atoms with Gasteiger partial charge in [-0.25, -0.2) is 0 Å². The van der Waals surface area contributed by atoms with Crippen LogP contribution in [0.2, 0.25) is 0 Å². The van der Waals surface area contributed by atoms with E-state index in [1.54, 1.807) is 12.1 Å². The van der Waals surface area contributed by atoms with Crippen LogP contribution in [0.1, 0.15) is 33.2 Å². The molecule has 0 nitrogen and oxygen atoms in total. The SMILES string of the molecule is [2H]c1ccc2c(c1[2H])-c1c([2H])c([2H])c([2H])c([2H])c1C2(C)C. The summed E-state index contributed by atoms with van der Waals surface area (Å²) in [4.78, 5) is 0. The van der Waals surface area contributed by atoms with Crippen molar-refractivity contribution in [3.05, 3.63) is 59.5 Å². The minimum atomic E-state index is -0.607. The Bertz CT molecular complexity index is 792. The molecule has 0 aromatic heterocycles. The molecule has 0 aliphatic heterocycles. The summed E-state index contributed by atoms with van der Waals surface area (Å²) < 4.78 is 48.0. The van der Waals surface area contributed by atoms with Crippen molar-refractivity contribution in [2.45, 2.75) is 19.3 Å². The molecule has 1 aliphatic rings. The lowest BCUT2D eigenvalue weighted by atomic mass is 9.82. The molecule has 0 amide bonds. The predicted octanol–water partition coefficient (Wildman–Crippen LogP) is 3.99. The predicted molar refractivity (Wildman–Crippen MR) is 64.0 cm³/mol. The summed E-state index contributed by atoms with van der Waals surface area (Å²) in [5.41, 5.74) is 1.53. The van der Waals surface area contributed by atoms with Crippen LogP contribution in [0.25, 0.3) is 11.1 Å². The molecule has 0 radical (unpaired) electrons. The molecular formula is C15H14. The molecule has 0 saturated heterocycles. The lowest BCUT2D eigenvalue weighted by Gasteiger charge is -2.20. The van der Waals surface area contributed by atoms with Crippen molar-refractivity contribution < 1.29 is 8.22 Å². The average molecular weight is 200 g/mol. The van der Waals surface area contributed by atoms with Gasteiger partial charge in [-0.05, 0) is 22.3 Å². The van der Waals surface area contributed by atoms with E-state index >= 15 is 0 Å². The number of fused-ring (bicyclic) bond motifs is 3. The molecular weight excluding hydrogens is 180 g/mol. The highest BCUT2D eigenvalue weighted by molar-refractivity contribution is 5.80. The van der Waals surface area contributed by atoms with Gasteiger partial charge < -0.3 is 0 Å². The lowest BCUT2D eigenvalue weighted by Crippen LogP contribution is -2.14. The van der Waals surface area contributed by atoms with Gasteiger partial charge in [0.05, 0.1) is 8.22 Å². The van der Waals surface area contributed by atoms with Crippen LogP contribution in [0.5, 0.6) is 0 Å². The summed E-state index contributed by atoms with van der Waals surface area (Å²) >= 11 is 0. The third-order valence-electron chi connectivity index (χ3n) is 3.04. The molecule has 0 fully saturated rings. The maximum Gasteiger partial charge on any atom is 0.0629 e. The smallest absolute Gasteiger partial charge is 0.0619 e. The first-order chi connectivity index (χ1) is 9.69. The first-order valence-corrected chi connectivity index (χ1v) is 4.91. The molecule has 0 atom stereocenters. The van der Waals surface area contributed by atoms with Gasteiger partial charge in [-0.2, -0.15) is 0 Å². The Morgan fingerprint density at radius 3 is 2.47 bits per heavy atom. The summed E-state index contributed by atoms with van der Waals surface area (Å²) in [5.74, 6) is 0. The fourth-order valence-corrected chi connectivity index (χ4v) is 2.21. The standard InChI is InChI=1S/C15H14/c1-15(2)13-9-5-3-7-11(13)12-8-4-6-10-14(12)15/h3-10H,1-2H3/i3D,4D,5D,7D,8D,9D. The van der Waals surface area contributed by atoms with Crippen LogP contribution in [0.3, 0.4) is 0 Å². The Hall–Kier alpha value is -1.56. The highest BCUT2D eigenvalue weighted by Gasteiger charge is 2.34. The molecule has 2 aromatic carbocycles. The first-order valence-electron chi connectivity index (χ1n) is 7.91. The monoisotopic (exact) mass is 200 g/mol. The number of rotatable bonds is 0. The van der Waals surface area contributed by atoms with Crippen LogP contribution in [0.4, 0.5) is 0 Å². The van der Waals surface area contributed by atoms with Crippen molar-refractivity contribution in [3.63, 3.8) is 0 Å². The molecule has 74 valence electrons. The van der Waals surface area contributed by atoms with Crippen molar-refractivity contribution in [2.24, 2.45) is 0 Å². The maximum atomic E-state index is 8.17. The Morgan fingerprint density at radius 2 is 1.60 bits per heavy atom. The number of hydrogen-bond donors (Lipinski definition) is 0. The van der Waals surface area contributed by atoms with E-state index in [2.05, 4.69) is 0 Å². The van der Waals surface area contributed by atoms with E-state index in [1.165, 1.54) is 0 Å². The van der Waals surface area contributed by atoms with Gasteiger partial charge in [-0.3, -0.25) is 0 Å². The van der Waals surface area contributed by atoms with Crippen LogP contribution in [-0.4, -0.2) is 0 Å². The van der Waals surface area contributed by atoms with E-state index in [4.69, 9.17) is 8.22 Å². The normalized spacial score (nSPS) is 21.5. The van der Waals surface area contributed by atoms with Gasteiger partial charge in [-0.1, -0.05) is 62.2 Å². The molecule has 0 heteroatoms. The van der Waals surface area contributed by atoms with Gasteiger partial charge in [0.25, 0.3) is 0 Å². The second-order valence-corrected chi connectivity index (χ2v) is 4.27. The molecule has 0 bridgehead atoms. The third-order valence-corrected chi connectivity index (χ3v) is 3.04. The van der Waals surface area contributed by atoms with Gasteiger partial charge in [0.15, 0.2) is 0 Å². The van der Waals surface area contributed by atoms with E-state index in [0.29, 0.717) is 16.7 Å². The largest absolute Gasteiger partial charge is 0.0629 e. The zero-order chi connectivity index (χ0) is 15.7. The van der Waals surface area contributed by atoms with Crippen molar-refractivity contribution in [2.75, 3.05) is 0 Å². The fourth-order valence-electron chi connectivity index (χ4n) is 2.21. The molecule has 2 aromatic rings. The van der Waals surface area contributed by atoms with Crippen LogP contribution < -0.4 is 0 Å². The van der Waals surface area contributed by atoms with E-state index in [0.717, 1.165) is 5.56 Å². The zero-order valence-corrected chi connectivity index (χ0v) is 8.65. The molecule has 0 N–H and O–H groups in total. The number of hydrogen-bond acceptors (Lipinski definition) is 0. The Kier molecular flexibility index (Phi) is 0.822. The summed E-state index contributed by atoms with van der Waals surface area (Å²) in [6.07, 6.45) is 0. The van der Waals surface area contributed by atoms with E-state index in [-0.39, 0.29) is 36.3 Å². The Labute approximate surface area is 99.0 Å².